The molecular formula is C18H12ClFN6O. The molecule has 7 nitrogen and oxygen atoms in total. The van der Waals surface area contributed by atoms with Gasteiger partial charge in [0.1, 0.15) is 11.5 Å². The normalized spacial score (nSPS) is 10.7. The second-order valence-corrected chi connectivity index (χ2v) is 6.02. The van der Waals surface area contributed by atoms with E-state index in [9.17, 15) is 9.18 Å². The smallest absolute Gasteiger partial charge is 0.276 e. The molecule has 0 atom stereocenters. The van der Waals surface area contributed by atoms with Gasteiger partial charge in [0.05, 0.1) is 10.7 Å². The predicted octanol–water partition coefficient (Wildman–Crippen LogP) is 3.91. The second kappa shape index (κ2) is 7.00. The number of H-pyrrole nitrogens is 2. The predicted molar refractivity (Wildman–Crippen MR) is 98.8 cm³/mol. The molecule has 2 heterocycles. The Morgan fingerprint density at radius 3 is 2.59 bits per heavy atom. The molecule has 3 N–H and O–H groups in total. The molecule has 0 aliphatic carbocycles. The third-order valence-corrected chi connectivity index (χ3v) is 4.13. The summed E-state index contributed by atoms with van der Waals surface area (Å²) in [5.41, 5.74) is 2.10. The van der Waals surface area contributed by atoms with Crippen molar-refractivity contribution in [2.45, 2.75) is 0 Å². The zero-order valence-corrected chi connectivity index (χ0v) is 14.5. The molecule has 9 heteroatoms. The summed E-state index contributed by atoms with van der Waals surface area (Å²) in [6, 6.07) is 14.5. The van der Waals surface area contributed by atoms with Gasteiger partial charge < -0.3 is 0 Å². The maximum absolute atomic E-state index is 13.0. The van der Waals surface area contributed by atoms with Crippen molar-refractivity contribution in [3.63, 3.8) is 0 Å². The van der Waals surface area contributed by atoms with Gasteiger partial charge in [-0.1, -0.05) is 23.7 Å². The first kappa shape index (κ1) is 16.9. The van der Waals surface area contributed by atoms with Gasteiger partial charge in [0.15, 0.2) is 5.82 Å². The minimum absolute atomic E-state index is 0.104. The van der Waals surface area contributed by atoms with Gasteiger partial charge in [0.2, 0.25) is 5.95 Å². The minimum Gasteiger partial charge on any atom is -0.288 e. The van der Waals surface area contributed by atoms with Crippen molar-refractivity contribution in [3.05, 3.63) is 71.1 Å². The molecule has 0 aliphatic rings. The number of anilines is 1. The minimum atomic E-state index is -0.458. The van der Waals surface area contributed by atoms with E-state index in [1.807, 2.05) is 12.1 Å². The molecule has 4 rings (SSSR count). The van der Waals surface area contributed by atoms with E-state index in [1.54, 1.807) is 30.3 Å². The van der Waals surface area contributed by atoms with Gasteiger partial charge in [-0.3, -0.25) is 20.3 Å². The van der Waals surface area contributed by atoms with Gasteiger partial charge in [0, 0.05) is 11.1 Å². The number of nitrogens with zero attached hydrogens (tertiary/aromatic N) is 3. The lowest BCUT2D eigenvalue weighted by molar-refractivity contribution is 0.102. The lowest BCUT2D eigenvalue weighted by Crippen LogP contribution is -2.13. The van der Waals surface area contributed by atoms with Crippen LogP contribution in [0.4, 0.5) is 10.3 Å². The fourth-order valence-corrected chi connectivity index (χ4v) is 2.69. The number of hydrogen-bond acceptors (Lipinski definition) is 4. The fourth-order valence-electron chi connectivity index (χ4n) is 2.47. The molecule has 1 amide bonds. The van der Waals surface area contributed by atoms with Crippen molar-refractivity contribution < 1.29 is 9.18 Å². The van der Waals surface area contributed by atoms with Gasteiger partial charge in [-0.25, -0.2) is 4.39 Å². The first-order chi connectivity index (χ1) is 13.1. The Labute approximate surface area is 157 Å². The Kier molecular flexibility index (Phi) is 4.39. The molecule has 2 aromatic heterocycles. The lowest BCUT2D eigenvalue weighted by Gasteiger charge is -1.98. The van der Waals surface area contributed by atoms with Gasteiger partial charge in [-0.05, 0) is 42.5 Å². The van der Waals surface area contributed by atoms with Crippen LogP contribution in [0.15, 0.2) is 54.6 Å². The van der Waals surface area contributed by atoms with Gasteiger partial charge in [0.25, 0.3) is 5.91 Å². The van der Waals surface area contributed by atoms with E-state index in [-0.39, 0.29) is 17.5 Å². The Hall–Kier alpha value is -3.52. The van der Waals surface area contributed by atoms with Crippen LogP contribution < -0.4 is 5.32 Å². The van der Waals surface area contributed by atoms with Crippen molar-refractivity contribution >= 4 is 23.5 Å². The summed E-state index contributed by atoms with van der Waals surface area (Å²) in [5.74, 6) is -0.257. The average molecular weight is 383 g/mol. The van der Waals surface area contributed by atoms with E-state index in [1.165, 1.54) is 12.1 Å². The molecular weight excluding hydrogens is 371 g/mol. The quantitative estimate of drug-likeness (QED) is 0.498. The molecule has 0 radical (unpaired) electrons. The SMILES string of the molecule is O=C(Nc1n[nH]c(-c2ccccc2Cl)n1)c1cc(-c2ccc(F)cc2)n[nH]1. The zero-order valence-electron chi connectivity index (χ0n) is 13.7. The topological polar surface area (TPSA) is 99.3 Å². The van der Waals surface area contributed by atoms with Crippen LogP contribution in [-0.2, 0) is 0 Å². The standard InChI is InChI=1S/C18H12ClFN6O/c19-13-4-2-1-3-12(13)16-21-18(26-25-16)22-17(27)15-9-14(23-24-15)10-5-7-11(20)8-6-10/h1-9H,(H,23,24)(H2,21,22,25,26,27). The molecule has 27 heavy (non-hydrogen) atoms. The summed E-state index contributed by atoms with van der Waals surface area (Å²) in [4.78, 5) is 16.6. The summed E-state index contributed by atoms with van der Waals surface area (Å²) in [6.45, 7) is 0. The maximum Gasteiger partial charge on any atom is 0.276 e. The van der Waals surface area contributed by atoms with E-state index < -0.39 is 5.91 Å². The monoisotopic (exact) mass is 382 g/mol. The largest absolute Gasteiger partial charge is 0.288 e. The van der Waals surface area contributed by atoms with Crippen molar-refractivity contribution in [2.24, 2.45) is 0 Å². The number of nitrogens with one attached hydrogen (secondary N) is 3. The summed E-state index contributed by atoms with van der Waals surface area (Å²) < 4.78 is 13.0. The van der Waals surface area contributed by atoms with Gasteiger partial charge in [-0.2, -0.15) is 10.1 Å². The number of carbonyl (C=O) groups is 1. The van der Waals surface area contributed by atoms with Crippen LogP contribution >= 0.6 is 11.6 Å². The van der Waals surface area contributed by atoms with Crippen molar-refractivity contribution in [2.75, 3.05) is 5.32 Å². The number of halogens is 2. The van der Waals surface area contributed by atoms with Crippen LogP contribution in [0.5, 0.6) is 0 Å². The molecule has 134 valence electrons. The third kappa shape index (κ3) is 3.56. The zero-order chi connectivity index (χ0) is 18.8. The van der Waals surface area contributed by atoms with E-state index in [0.717, 1.165) is 0 Å². The lowest BCUT2D eigenvalue weighted by atomic mass is 10.1. The van der Waals surface area contributed by atoms with Crippen LogP contribution in [0.3, 0.4) is 0 Å². The average Bonchev–Trinajstić information content (AvgIpc) is 3.33. The highest BCUT2D eigenvalue weighted by molar-refractivity contribution is 6.33. The van der Waals surface area contributed by atoms with Gasteiger partial charge in [-0.15, -0.1) is 5.10 Å². The summed E-state index contributed by atoms with van der Waals surface area (Å²) in [6.07, 6.45) is 0. The van der Waals surface area contributed by atoms with Crippen molar-refractivity contribution in [1.82, 2.24) is 25.4 Å². The molecule has 0 fully saturated rings. The van der Waals surface area contributed by atoms with Crippen molar-refractivity contribution in [1.29, 1.82) is 0 Å². The number of aromatic nitrogens is 5. The fraction of sp³-hybridized carbons (Fsp3) is 0. The highest BCUT2D eigenvalue weighted by Gasteiger charge is 2.15. The maximum atomic E-state index is 13.0. The molecule has 0 aliphatic heterocycles. The number of rotatable bonds is 4. The molecule has 2 aromatic carbocycles. The summed E-state index contributed by atoms with van der Waals surface area (Å²) >= 11 is 6.13. The first-order valence-electron chi connectivity index (χ1n) is 7.90. The molecule has 0 unspecified atom stereocenters. The number of amides is 1. The van der Waals surface area contributed by atoms with Crippen LogP contribution in [0.25, 0.3) is 22.6 Å². The number of hydrogen-bond donors (Lipinski definition) is 3. The molecule has 0 spiro atoms. The van der Waals surface area contributed by atoms with Crippen molar-refractivity contribution in [3.8, 4) is 22.6 Å². The summed E-state index contributed by atoms with van der Waals surface area (Å²) in [5, 5.41) is 16.5. The highest BCUT2D eigenvalue weighted by Crippen LogP contribution is 2.25. The first-order valence-corrected chi connectivity index (χ1v) is 8.28. The highest BCUT2D eigenvalue weighted by atomic mass is 35.5. The number of carbonyl (C=O) groups excluding carboxylic acids is 1. The second-order valence-electron chi connectivity index (χ2n) is 5.62. The number of aromatic amines is 2. The van der Waals surface area contributed by atoms with Crippen LogP contribution in [0.1, 0.15) is 10.5 Å². The Morgan fingerprint density at radius 1 is 1.04 bits per heavy atom. The molecule has 0 saturated heterocycles. The van der Waals surface area contributed by atoms with Crippen LogP contribution in [0, 0.1) is 5.82 Å². The Bertz CT molecular complexity index is 1110. The van der Waals surface area contributed by atoms with Gasteiger partial charge >= 0.3 is 0 Å². The van der Waals surface area contributed by atoms with E-state index in [2.05, 4.69) is 30.7 Å². The molecule has 4 aromatic rings. The number of benzene rings is 2. The van der Waals surface area contributed by atoms with Crippen LogP contribution in [0.2, 0.25) is 5.02 Å². The third-order valence-electron chi connectivity index (χ3n) is 3.80. The Balaban J connectivity index is 1.50. The van der Waals surface area contributed by atoms with Crippen LogP contribution in [-0.4, -0.2) is 31.3 Å². The molecule has 0 bridgehead atoms. The van der Waals surface area contributed by atoms with E-state index in [4.69, 9.17) is 11.6 Å². The van der Waals surface area contributed by atoms with E-state index in [0.29, 0.717) is 27.7 Å². The van der Waals surface area contributed by atoms with E-state index >= 15 is 0 Å². The summed E-state index contributed by atoms with van der Waals surface area (Å²) in [7, 11) is 0. The molecule has 0 saturated carbocycles. The Morgan fingerprint density at radius 2 is 1.81 bits per heavy atom.